The Morgan fingerprint density at radius 2 is 1.76 bits per heavy atom. The summed E-state index contributed by atoms with van der Waals surface area (Å²) in [5.41, 5.74) is 0.831. The number of hydrogen-bond donors (Lipinski definition) is 0. The highest BCUT2D eigenvalue weighted by molar-refractivity contribution is 7.99. The molecule has 7 nitrogen and oxygen atoms in total. The van der Waals surface area contributed by atoms with Crippen LogP contribution in [0.5, 0.6) is 17.2 Å². The highest BCUT2D eigenvalue weighted by atomic mass is 35.5. The van der Waals surface area contributed by atoms with Gasteiger partial charge in [0.25, 0.3) is 0 Å². The smallest absolute Gasteiger partial charge is 0.246 e. The highest BCUT2D eigenvalue weighted by Gasteiger charge is 2.22. The van der Waals surface area contributed by atoms with Gasteiger partial charge in [-0.05, 0) is 42.8 Å². The van der Waals surface area contributed by atoms with Gasteiger partial charge in [-0.3, -0.25) is 9.59 Å². The second-order valence-electron chi connectivity index (χ2n) is 7.81. The van der Waals surface area contributed by atoms with Crippen molar-refractivity contribution in [3.8, 4) is 17.2 Å². The lowest BCUT2D eigenvalue weighted by Gasteiger charge is -2.33. The molecule has 2 aromatic rings. The number of halogens is 1. The van der Waals surface area contributed by atoms with Crippen molar-refractivity contribution in [2.75, 3.05) is 46.0 Å². The van der Waals surface area contributed by atoms with Gasteiger partial charge in [-0.25, -0.2) is 0 Å². The van der Waals surface area contributed by atoms with Gasteiger partial charge < -0.3 is 24.0 Å². The van der Waals surface area contributed by atoms with Gasteiger partial charge in [0.2, 0.25) is 17.6 Å². The molecule has 0 saturated carbocycles. The predicted octanol–water partition coefficient (Wildman–Crippen LogP) is 4.37. The molecule has 0 aromatic heterocycles. The van der Waals surface area contributed by atoms with Crippen LogP contribution in [-0.4, -0.2) is 67.6 Å². The summed E-state index contributed by atoms with van der Waals surface area (Å²) >= 11 is 8.07. The van der Waals surface area contributed by atoms with Gasteiger partial charge >= 0.3 is 0 Å². The van der Waals surface area contributed by atoms with Crippen molar-refractivity contribution in [2.24, 2.45) is 0 Å². The molecule has 0 radical (unpaired) electrons. The van der Waals surface area contributed by atoms with Crippen molar-refractivity contribution in [1.29, 1.82) is 0 Å². The SMILES string of the molecule is CCOc1c(Sc2ccc(/C=C/C(=O)N3CCN(C(C)=O)CC3)cc2Cl)ccc2c1OCCO2. The number of rotatable bonds is 6. The van der Waals surface area contributed by atoms with Crippen LogP contribution in [0.15, 0.2) is 46.2 Å². The Morgan fingerprint density at radius 1 is 1.06 bits per heavy atom. The maximum Gasteiger partial charge on any atom is 0.246 e. The number of benzene rings is 2. The lowest BCUT2D eigenvalue weighted by molar-refractivity contribution is -0.135. The monoisotopic (exact) mass is 502 g/mol. The molecule has 0 N–H and O–H groups in total. The standard InChI is InChI=1S/C25H27ClN2O5S/c1-3-31-25-22(8-6-20-24(25)33-15-14-32-20)34-21-7-4-18(16-19(21)26)5-9-23(30)28-12-10-27(11-13-28)17(2)29/h4-9,16H,3,10-15H2,1-2H3/b9-5+. The summed E-state index contributed by atoms with van der Waals surface area (Å²) in [7, 11) is 0. The normalized spacial score (nSPS) is 15.5. The molecule has 2 heterocycles. The van der Waals surface area contributed by atoms with E-state index < -0.39 is 0 Å². The topological polar surface area (TPSA) is 68.3 Å². The van der Waals surface area contributed by atoms with Crippen LogP contribution in [0.4, 0.5) is 0 Å². The van der Waals surface area contributed by atoms with E-state index in [9.17, 15) is 9.59 Å². The molecule has 0 unspecified atom stereocenters. The number of ether oxygens (including phenoxy) is 3. The van der Waals surface area contributed by atoms with Crippen LogP contribution >= 0.6 is 23.4 Å². The summed E-state index contributed by atoms with van der Waals surface area (Å²) in [5, 5.41) is 0.576. The fourth-order valence-corrected chi connectivity index (χ4v) is 4.98. The van der Waals surface area contributed by atoms with E-state index in [1.165, 1.54) is 11.8 Å². The fraction of sp³-hybridized carbons (Fsp3) is 0.360. The van der Waals surface area contributed by atoms with E-state index in [-0.39, 0.29) is 11.8 Å². The van der Waals surface area contributed by atoms with Crippen LogP contribution in [-0.2, 0) is 9.59 Å². The van der Waals surface area contributed by atoms with Crippen molar-refractivity contribution in [3.63, 3.8) is 0 Å². The molecular weight excluding hydrogens is 476 g/mol. The first-order valence-corrected chi connectivity index (χ1v) is 12.4. The summed E-state index contributed by atoms with van der Waals surface area (Å²) in [6.45, 7) is 7.19. The number of amides is 2. The Balaban J connectivity index is 1.44. The Labute approximate surface area is 208 Å². The molecule has 1 saturated heterocycles. The van der Waals surface area contributed by atoms with E-state index in [1.54, 1.807) is 28.9 Å². The molecule has 9 heteroatoms. The van der Waals surface area contributed by atoms with Crippen molar-refractivity contribution < 1.29 is 23.8 Å². The van der Waals surface area contributed by atoms with Gasteiger partial charge in [0, 0.05) is 44.1 Å². The molecule has 180 valence electrons. The number of carbonyl (C=O) groups excluding carboxylic acids is 2. The lowest BCUT2D eigenvalue weighted by atomic mass is 10.2. The Morgan fingerprint density at radius 3 is 2.47 bits per heavy atom. The third-order valence-electron chi connectivity index (χ3n) is 5.55. The molecule has 4 rings (SSSR count). The molecule has 2 aliphatic heterocycles. The van der Waals surface area contributed by atoms with Crippen LogP contribution in [0, 0.1) is 0 Å². The van der Waals surface area contributed by atoms with Gasteiger partial charge in [-0.1, -0.05) is 29.4 Å². The van der Waals surface area contributed by atoms with Crippen molar-refractivity contribution in [3.05, 3.63) is 47.0 Å². The van der Waals surface area contributed by atoms with Crippen molar-refractivity contribution >= 4 is 41.3 Å². The minimum absolute atomic E-state index is 0.0415. The first-order chi connectivity index (χ1) is 16.5. The Kier molecular flexibility index (Phi) is 7.90. The van der Waals surface area contributed by atoms with E-state index in [2.05, 4.69) is 0 Å². The molecule has 0 spiro atoms. The van der Waals surface area contributed by atoms with Gasteiger partial charge in [0.1, 0.15) is 13.2 Å². The summed E-state index contributed by atoms with van der Waals surface area (Å²) < 4.78 is 17.3. The molecule has 34 heavy (non-hydrogen) atoms. The summed E-state index contributed by atoms with van der Waals surface area (Å²) in [4.78, 5) is 29.2. The summed E-state index contributed by atoms with van der Waals surface area (Å²) in [6.07, 6.45) is 3.31. The van der Waals surface area contributed by atoms with Crippen LogP contribution in [0.3, 0.4) is 0 Å². The number of hydrogen-bond acceptors (Lipinski definition) is 6. The van der Waals surface area contributed by atoms with E-state index in [0.717, 1.165) is 15.4 Å². The fourth-order valence-electron chi connectivity index (χ4n) is 3.77. The minimum Gasteiger partial charge on any atom is -0.489 e. The molecule has 0 aliphatic carbocycles. The number of carbonyl (C=O) groups is 2. The minimum atomic E-state index is -0.0737. The molecular formula is C25H27ClN2O5S. The van der Waals surface area contributed by atoms with E-state index in [0.29, 0.717) is 68.3 Å². The van der Waals surface area contributed by atoms with E-state index in [4.69, 9.17) is 25.8 Å². The number of fused-ring (bicyclic) bond motifs is 1. The first kappa shape index (κ1) is 24.3. The second-order valence-corrected chi connectivity index (χ2v) is 9.30. The largest absolute Gasteiger partial charge is 0.489 e. The third kappa shape index (κ3) is 5.62. The molecule has 2 aliphatic rings. The zero-order valence-electron chi connectivity index (χ0n) is 19.2. The zero-order chi connectivity index (χ0) is 24.1. The molecule has 0 atom stereocenters. The van der Waals surface area contributed by atoms with E-state index in [1.807, 2.05) is 37.3 Å². The predicted molar refractivity (Wildman–Crippen MR) is 132 cm³/mol. The zero-order valence-corrected chi connectivity index (χ0v) is 20.8. The molecule has 2 amide bonds. The first-order valence-electron chi connectivity index (χ1n) is 11.2. The average molecular weight is 503 g/mol. The summed E-state index contributed by atoms with van der Waals surface area (Å²) in [6, 6.07) is 9.50. The maximum atomic E-state index is 12.5. The van der Waals surface area contributed by atoms with Gasteiger partial charge in [0.05, 0.1) is 16.5 Å². The highest BCUT2D eigenvalue weighted by Crippen LogP contribution is 2.48. The van der Waals surface area contributed by atoms with Crippen LogP contribution < -0.4 is 14.2 Å². The Hall–Kier alpha value is -2.84. The van der Waals surface area contributed by atoms with Crippen LogP contribution in [0.2, 0.25) is 5.02 Å². The van der Waals surface area contributed by atoms with E-state index >= 15 is 0 Å². The van der Waals surface area contributed by atoms with Crippen molar-refractivity contribution in [1.82, 2.24) is 9.80 Å². The van der Waals surface area contributed by atoms with Crippen LogP contribution in [0.1, 0.15) is 19.4 Å². The number of piperazine rings is 1. The average Bonchev–Trinajstić information content (AvgIpc) is 2.85. The van der Waals surface area contributed by atoms with Gasteiger partial charge in [0.15, 0.2) is 11.5 Å². The maximum absolute atomic E-state index is 12.5. The molecule has 1 fully saturated rings. The Bertz CT molecular complexity index is 1100. The molecule has 0 bridgehead atoms. The van der Waals surface area contributed by atoms with Gasteiger partial charge in [-0.2, -0.15) is 0 Å². The van der Waals surface area contributed by atoms with Crippen molar-refractivity contribution in [2.45, 2.75) is 23.6 Å². The lowest BCUT2D eigenvalue weighted by Crippen LogP contribution is -2.49. The number of nitrogens with zero attached hydrogens (tertiary/aromatic N) is 2. The third-order valence-corrected chi connectivity index (χ3v) is 7.09. The van der Waals surface area contributed by atoms with Crippen LogP contribution in [0.25, 0.3) is 6.08 Å². The molecule has 2 aromatic carbocycles. The summed E-state index contributed by atoms with van der Waals surface area (Å²) in [5.74, 6) is 1.92. The quantitative estimate of drug-likeness (QED) is 0.546. The van der Waals surface area contributed by atoms with Gasteiger partial charge in [-0.15, -0.1) is 0 Å². The second kappa shape index (κ2) is 11.1.